The van der Waals surface area contributed by atoms with Gasteiger partial charge >= 0.3 is 0 Å². The van der Waals surface area contributed by atoms with E-state index in [0.717, 1.165) is 12.8 Å². The monoisotopic (exact) mass is 216 g/mol. The fourth-order valence-electron chi connectivity index (χ4n) is 1.63. The van der Waals surface area contributed by atoms with Crippen LogP contribution < -0.4 is 0 Å². The molecule has 0 amide bonds. The predicted octanol–water partition coefficient (Wildman–Crippen LogP) is 4.36. The maximum Gasteiger partial charge on any atom is 0.121 e. The van der Waals surface area contributed by atoms with E-state index in [4.69, 9.17) is 5.11 Å². The van der Waals surface area contributed by atoms with Gasteiger partial charge in [0.25, 0.3) is 0 Å². The van der Waals surface area contributed by atoms with Crippen molar-refractivity contribution in [3.63, 3.8) is 0 Å². The molecule has 0 rings (SSSR count). The number of hydrogen-bond donors (Lipinski definition) is 1. The molecule has 1 N–H and O–H groups in total. The quantitative estimate of drug-likeness (QED) is 0.538. The molecule has 0 aromatic carbocycles. The highest BCUT2D eigenvalue weighted by Crippen LogP contribution is 2.13. The Bertz CT molecular complexity index is 157. The molecule has 0 saturated carbocycles. The molecule has 1 nitrogen and oxygen atoms in total. The van der Waals surface area contributed by atoms with Crippen molar-refractivity contribution in [1.29, 1.82) is 0 Å². The Hall–Kier alpha value is -0.370. The zero-order valence-electron chi connectivity index (χ0n) is 9.97. The van der Waals surface area contributed by atoms with Gasteiger partial charge in [0, 0.05) is 0 Å². The van der Waals surface area contributed by atoms with Gasteiger partial charge in [-0.2, -0.15) is 0 Å². The Morgan fingerprint density at radius 1 is 1.07 bits per heavy atom. The van der Waals surface area contributed by atoms with Gasteiger partial charge in [0.1, 0.15) is 11.9 Å². The SMILES string of the molecule is C=C(F)C(O)CCCCCCCCCC. The molecular formula is C13H25FO. The van der Waals surface area contributed by atoms with Crippen LogP contribution in [0.1, 0.15) is 64.7 Å². The number of aliphatic hydroxyl groups excluding tert-OH is 1. The van der Waals surface area contributed by atoms with E-state index < -0.39 is 11.9 Å². The Morgan fingerprint density at radius 2 is 1.53 bits per heavy atom. The van der Waals surface area contributed by atoms with Crippen LogP contribution in [0, 0.1) is 0 Å². The van der Waals surface area contributed by atoms with Crippen molar-refractivity contribution in [2.45, 2.75) is 70.8 Å². The van der Waals surface area contributed by atoms with Crippen molar-refractivity contribution in [1.82, 2.24) is 0 Å². The Kier molecular flexibility index (Phi) is 9.91. The molecule has 0 aliphatic rings. The molecule has 0 aromatic rings. The van der Waals surface area contributed by atoms with Crippen LogP contribution in [-0.4, -0.2) is 11.2 Å². The summed E-state index contributed by atoms with van der Waals surface area (Å²) in [6, 6.07) is 0. The third kappa shape index (κ3) is 9.92. The first-order chi connectivity index (χ1) is 7.18. The molecule has 15 heavy (non-hydrogen) atoms. The highest BCUT2D eigenvalue weighted by Gasteiger charge is 2.06. The van der Waals surface area contributed by atoms with Crippen LogP contribution in [0.5, 0.6) is 0 Å². The molecule has 0 fully saturated rings. The van der Waals surface area contributed by atoms with Crippen LogP contribution in [0.3, 0.4) is 0 Å². The molecule has 0 aromatic heterocycles. The van der Waals surface area contributed by atoms with Gasteiger partial charge in [0.05, 0.1) is 0 Å². The van der Waals surface area contributed by atoms with Gasteiger partial charge in [-0.05, 0) is 6.42 Å². The molecule has 1 unspecified atom stereocenters. The summed E-state index contributed by atoms with van der Waals surface area (Å²) in [7, 11) is 0. The Labute approximate surface area is 93.4 Å². The van der Waals surface area contributed by atoms with E-state index >= 15 is 0 Å². The predicted molar refractivity (Wildman–Crippen MR) is 63.5 cm³/mol. The summed E-state index contributed by atoms with van der Waals surface area (Å²) in [6.45, 7) is 5.30. The van der Waals surface area contributed by atoms with E-state index in [2.05, 4.69) is 13.5 Å². The lowest BCUT2D eigenvalue weighted by Crippen LogP contribution is -2.05. The van der Waals surface area contributed by atoms with Crippen LogP contribution in [0.2, 0.25) is 0 Å². The first-order valence-corrected chi connectivity index (χ1v) is 6.20. The summed E-state index contributed by atoms with van der Waals surface area (Å²) < 4.78 is 12.4. The minimum atomic E-state index is -0.940. The van der Waals surface area contributed by atoms with E-state index in [1.54, 1.807) is 0 Å². The molecule has 0 aliphatic heterocycles. The van der Waals surface area contributed by atoms with E-state index in [1.807, 2.05) is 0 Å². The van der Waals surface area contributed by atoms with Crippen LogP contribution in [-0.2, 0) is 0 Å². The summed E-state index contributed by atoms with van der Waals surface area (Å²) in [4.78, 5) is 0. The topological polar surface area (TPSA) is 20.2 Å². The molecule has 1 atom stereocenters. The second-order valence-electron chi connectivity index (χ2n) is 4.23. The lowest BCUT2D eigenvalue weighted by atomic mass is 10.1. The summed E-state index contributed by atoms with van der Waals surface area (Å²) in [5.74, 6) is -0.599. The van der Waals surface area contributed by atoms with Crippen molar-refractivity contribution in [2.24, 2.45) is 0 Å². The second-order valence-corrected chi connectivity index (χ2v) is 4.23. The maximum absolute atomic E-state index is 12.4. The summed E-state index contributed by atoms with van der Waals surface area (Å²) in [5.41, 5.74) is 0. The average molecular weight is 216 g/mol. The Balaban J connectivity index is 3.08. The minimum absolute atomic E-state index is 0.518. The fourth-order valence-corrected chi connectivity index (χ4v) is 1.63. The molecule has 0 saturated heterocycles. The molecule has 0 radical (unpaired) electrons. The minimum Gasteiger partial charge on any atom is -0.386 e. The maximum atomic E-state index is 12.4. The van der Waals surface area contributed by atoms with Gasteiger partial charge in [0.2, 0.25) is 0 Å². The number of halogens is 1. The smallest absolute Gasteiger partial charge is 0.121 e. The first kappa shape index (κ1) is 14.6. The van der Waals surface area contributed by atoms with E-state index in [1.165, 1.54) is 38.5 Å². The first-order valence-electron chi connectivity index (χ1n) is 6.20. The van der Waals surface area contributed by atoms with Gasteiger partial charge in [-0.1, -0.05) is 64.9 Å². The third-order valence-electron chi connectivity index (χ3n) is 2.69. The molecule has 0 bridgehead atoms. The van der Waals surface area contributed by atoms with E-state index in [0.29, 0.717) is 6.42 Å². The zero-order chi connectivity index (χ0) is 11.5. The van der Waals surface area contributed by atoms with E-state index in [-0.39, 0.29) is 0 Å². The van der Waals surface area contributed by atoms with Gasteiger partial charge in [-0.3, -0.25) is 0 Å². The number of unbranched alkanes of at least 4 members (excludes halogenated alkanes) is 7. The molecule has 0 heterocycles. The van der Waals surface area contributed by atoms with Crippen LogP contribution in [0.4, 0.5) is 4.39 Å². The molecular weight excluding hydrogens is 191 g/mol. The lowest BCUT2D eigenvalue weighted by Gasteiger charge is -2.06. The summed E-state index contributed by atoms with van der Waals surface area (Å²) in [5, 5.41) is 9.12. The second kappa shape index (κ2) is 10.2. The van der Waals surface area contributed by atoms with Gasteiger partial charge in [0.15, 0.2) is 0 Å². The largest absolute Gasteiger partial charge is 0.386 e. The van der Waals surface area contributed by atoms with Crippen molar-refractivity contribution in [2.75, 3.05) is 0 Å². The number of hydrogen-bond acceptors (Lipinski definition) is 1. The third-order valence-corrected chi connectivity index (χ3v) is 2.69. The average Bonchev–Trinajstić information content (AvgIpc) is 2.21. The number of aliphatic hydroxyl groups is 1. The van der Waals surface area contributed by atoms with Crippen molar-refractivity contribution >= 4 is 0 Å². The van der Waals surface area contributed by atoms with Crippen molar-refractivity contribution < 1.29 is 9.50 Å². The van der Waals surface area contributed by atoms with Gasteiger partial charge in [-0.25, -0.2) is 4.39 Å². The van der Waals surface area contributed by atoms with Gasteiger partial charge in [-0.15, -0.1) is 0 Å². The highest BCUT2D eigenvalue weighted by molar-refractivity contribution is 4.88. The summed E-state index contributed by atoms with van der Waals surface area (Å²) >= 11 is 0. The lowest BCUT2D eigenvalue weighted by molar-refractivity contribution is 0.170. The molecule has 2 heteroatoms. The van der Waals surface area contributed by atoms with Gasteiger partial charge < -0.3 is 5.11 Å². The van der Waals surface area contributed by atoms with Crippen LogP contribution in [0.25, 0.3) is 0 Å². The van der Waals surface area contributed by atoms with Crippen molar-refractivity contribution in [3.8, 4) is 0 Å². The molecule has 0 aliphatic carbocycles. The zero-order valence-corrected chi connectivity index (χ0v) is 9.97. The van der Waals surface area contributed by atoms with E-state index in [9.17, 15) is 4.39 Å². The fraction of sp³-hybridized carbons (Fsp3) is 0.846. The van der Waals surface area contributed by atoms with Crippen molar-refractivity contribution in [3.05, 3.63) is 12.4 Å². The Morgan fingerprint density at radius 3 is 2.00 bits per heavy atom. The van der Waals surface area contributed by atoms with Crippen LogP contribution >= 0.6 is 0 Å². The van der Waals surface area contributed by atoms with Crippen LogP contribution in [0.15, 0.2) is 12.4 Å². The number of rotatable bonds is 10. The standard InChI is InChI=1S/C13H25FO/c1-3-4-5-6-7-8-9-10-11-13(15)12(2)14/h13,15H,2-11H2,1H3. The highest BCUT2D eigenvalue weighted by atomic mass is 19.1. The molecule has 90 valence electrons. The molecule has 0 spiro atoms. The summed E-state index contributed by atoms with van der Waals surface area (Å²) in [6.07, 6.45) is 9.31. The normalized spacial score (nSPS) is 12.7.